The van der Waals surface area contributed by atoms with Gasteiger partial charge in [0.1, 0.15) is 0 Å². The van der Waals surface area contributed by atoms with Crippen LogP contribution in [0.2, 0.25) is 0 Å². The molecule has 0 aromatic carbocycles. The topological polar surface area (TPSA) is 107 Å². The number of aliphatic hydroxyl groups excluding tert-OH is 1. The second kappa shape index (κ2) is 6.65. The Bertz CT molecular complexity index is 403. The molecule has 19 heavy (non-hydrogen) atoms. The first-order valence-electron chi connectivity index (χ1n) is 6.39. The Morgan fingerprint density at radius 3 is 2.37 bits per heavy atom. The molecule has 1 fully saturated rings. The lowest BCUT2D eigenvalue weighted by Crippen LogP contribution is -2.56. The Morgan fingerprint density at radius 1 is 1.32 bits per heavy atom. The molecule has 0 heterocycles. The van der Waals surface area contributed by atoms with E-state index in [2.05, 4.69) is 4.72 Å². The fourth-order valence-electron chi connectivity index (χ4n) is 2.25. The molecule has 0 saturated heterocycles. The van der Waals surface area contributed by atoms with E-state index in [0.29, 0.717) is 12.8 Å². The lowest BCUT2D eigenvalue weighted by Gasteiger charge is -2.37. The molecule has 112 valence electrons. The number of aliphatic hydroxyl groups is 1. The molecule has 1 aliphatic carbocycles. The largest absolute Gasteiger partial charge is 0.481 e. The van der Waals surface area contributed by atoms with Crippen molar-refractivity contribution in [3.63, 3.8) is 0 Å². The zero-order valence-corrected chi connectivity index (χ0v) is 11.9. The molecule has 0 aromatic rings. The summed E-state index contributed by atoms with van der Waals surface area (Å²) in [6.45, 7) is -0.328. The standard InChI is InChI=1S/C11H22N2O5S/c1-13(8-5-10(15)16)19(17,18)12-11(9-14)6-3-2-4-7-11/h12,14H,2-9H2,1H3,(H,15,16). The van der Waals surface area contributed by atoms with Gasteiger partial charge in [-0.15, -0.1) is 0 Å². The molecular formula is C11H22N2O5S. The zero-order chi connectivity index (χ0) is 14.5. The number of aliphatic carboxylic acids is 1. The van der Waals surface area contributed by atoms with Crippen molar-refractivity contribution in [1.82, 2.24) is 9.03 Å². The fraction of sp³-hybridized carbons (Fsp3) is 0.909. The van der Waals surface area contributed by atoms with Gasteiger partial charge in [0.15, 0.2) is 0 Å². The van der Waals surface area contributed by atoms with Crippen LogP contribution in [0.3, 0.4) is 0 Å². The molecule has 1 rings (SSSR count). The summed E-state index contributed by atoms with van der Waals surface area (Å²) in [4.78, 5) is 10.5. The van der Waals surface area contributed by atoms with Gasteiger partial charge in [0.2, 0.25) is 0 Å². The number of hydrogen-bond donors (Lipinski definition) is 3. The summed E-state index contributed by atoms with van der Waals surface area (Å²) < 4.78 is 27.7. The van der Waals surface area contributed by atoms with Crippen LogP contribution in [0.15, 0.2) is 0 Å². The molecule has 1 aliphatic rings. The van der Waals surface area contributed by atoms with Crippen LogP contribution in [0, 0.1) is 0 Å². The molecule has 0 bridgehead atoms. The van der Waals surface area contributed by atoms with Crippen molar-refractivity contribution in [3.8, 4) is 0 Å². The third kappa shape index (κ3) is 4.72. The van der Waals surface area contributed by atoms with Crippen molar-refractivity contribution in [1.29, 1.82) is 0 Å². The summed E-state index contributed by atoms with van der Waals surface area (Å²) in [5.41, 5.74) is -0.797. The number of carbonyl (C=O) groups is 1. The number of hydrogen-bond acceptors (Lipinski definition) is 4. The molecule has 0 radical (unpaired) electrons. The van der Waals surface area contributed by atoms with Crippen LogP contribution >= 0.6 is 0 Å². The first-order chi connectivity index (χ1) is 8.81. The van der Waals surface area contributed by atoms with Crippen molar-refractivity contribution in [2.75, 3.05) is 20.2 Å². The minimum atomic E-state index is -3.77. The van der Waals surface area contributed by atoms with Crippen molar-refractivity contribution < 1.29 is 23.4 Å². The van der Waals surface area contributed by atoms with E-state index in [9.17, 15) is 18.3 Å². The van der Waals surface area contributed by atoms with Crippen molar-refractivity contribution >= 4 is 16.2 Å². The second-order valence-corrected chi connectivity index (χ2v) is 6.85. The molecule has 0 atom stereocenters. The average molecular weight is 294 g/mol. The van der Waals surface area contributed by atoms with Crippen LogP contribution in [0.25, 0.3) is 0 Å². The minimum absolute atomic E-state index is 0.0911. The van der Waals surface area contributed by atoms with E-state index in [0.717, 1.165) is 23.6 Å². The van der Waals surface area contributed by atoms with E-state index in [1.54, 1.807) is 0 Å². The van der Waals surface area contributed by atoms with Crippen LogP contribution in [-0.4, -0.2) is 54.6 Å². The Kier molecular flexibility index (Phi) is 5.72. The van der Waals surface area contributed by atoms with Gasteiger partial charge in [-0.3, -0.25) is 4.79 Å². The van der Waals surface area contributed by atoms with Gasteiger partial charge in [-0.2, -0.15) is 17.4 Å². The lowest BCUT2D eigenvalue weighted by atomic mass is 9.83. The maximum Gasteiger partial charge on any atom is 0.304 e. The van der Waals surface area contributed by atoms with E-state index in [4.69, 9.17) is 5.11 Å². The predicted molar refractivity (Wildman–Crippen MR) is 69.8 cm³/mol. The van der Waals surface area contributed by atoms with Gasteiger partial charge in [0.05, 0.1) is 18.6 Å². The minimum Gasteiger partial charge on any atom is -0.481 e. The Hall–Kier alpha value is -0.700. The first-order valence-corrected chi connectivity index (χ1v) is 7.83. The molecule has 1 saturated carbocycles. The highest BCUT2D eigenvalue weighted by molar-refractivity contribution is 7.87. The van der Waals surface area contributed by atoms with E-state index in [1.807, 2.05) is 0 Å². The van der Waals surface area contributed by atoms with Gasteiger partial charge in [-0.1, -0.05) is 19.3 Å². The van der Waals surface area contributed by atoms with E-state index in [1.165, 1.54) is 7.05 Å². The summed E-state index contributed by atoms with van der Waals surface area (Å²) in [7, 11) is -2.43. The monoisotopic (exact) mass is 294 g/mol. The quantitative estimate of drug-likeness (QED) is 0.609. The van der Waals surface area contributed by atoms with Gasteiger partial charge in [0, 0.05) is 13.6 Å². The summed E-state index contributed by atoms with van der Waals surface area (Å²) in [5, 5.41) is 18.0. The molecule has 8 heteroatoms. The van der Waals surface area contributed by atoms with Crippen LogP contribution in [0.5, 0.6) is 0 Å². The van der Waals surface area contributed by atoms with Gasteiger partial charge in [-0.05, 0) is 12.8 Å². The van der Waals surface area contributed by atoms with Crippen LogP contribution < -0.4 is 4.72 Å². The van der Waals surface area contributed by atoms with E-state index >= 15 is 0 Å². The SMILES string of the molecule is CN(CCC(=O)O)S(=O)(=O)NC1(CO)CCCCC1. The fourth-order valence-corrected chi connectivity index (χ4v) is 3.55. The normalized spacial score (nSPS) is 19.5. The maximum atomic E-state index is 12.1. The van der Waals surface area contributed by atoms with E-state index < -0.39 is 21.7 Å². The molecule has 0 amide bonds. The van der Waals surface area contributed by atoms with Crippen LogP contribution in [0.1, 0.15) is 38.5 Å². The van der Waals surface area contributed by atoms with Crippen LogP contribution in [0.4, 0.5) is 0 Å². The van der Waals surface area contributed by atoms with Gasteiger partial charge < -0.3 is 10.2 Å². The van der Waals surface area contributed by atoms with Gasteiger partial charge >= 0.3 is 5.97 Å². The highest BCUT2D eigenvalue weighted by Gasteiger charge is 2.36. The van der Waals surface area contributed by atoms with Crippen molar-refractivity contribution in [2.45, 2.75) is 44.1 Å². The lowest BCUT2D eigenvalue weighted by molar-refractivity contribution is -0.137. The van der Waals surface area contributed by atoms with Crippen molar-refractivity contribution in [3.05, 3.63) is 0 Å². The maximum absolute atomic E-state index is 12.1. The smallest absolute Gasteiger partial charge is 0.304 e. The summed E-state index contributed by atoms with van der Waals surface area (Å²) in [5.74, 6) is -1.04. The summed E-state index contributed by atoms with van der Waals surface area (Å²) in [6.07, 6.45) is 3.76. The molecular weight excluding hydrogens is 272 g/mol. The predicted octanol–water partition coefficient (Wildman–Crippen LogP) is -0.0775. The number of nitrogens with zero attached hydrogens (tertiary/aromatic N) is 1. The second-order valence-electron chi connectivity index (χ2n) is 5.07. The summed E-state index contributed by atoms with van der Waals surface area (Å²) >= 11 is 0. The third-order valence-electron chi connectivity index (χ3n) is 3.51. The first kappa shape index (κ1) is 16.4. The zero-order valence-electron chi connectivity index (χ0n) is 11.1. The number of nitrogens with one attached hydrogen (secondary N) is 1. The molecule has 0 unspecified atom stereocenters. The highest BCUT2D eigenvalue weighted by atomic mass is 32.2. The number of rotatable bonds is 7. The molecule has 7 nitrogen and oxygen atoms in total. The highest BCUT2D eigenvalue weighted by Crippen LogP contribution is 2.28. The van der Waals surface area contributed by atoms with E-state index in [-0.39, 0.29) is 19.6 Å². The summed E-state index contributed by atoms with van der Waals surface area (Å²) in [6, 6.07) is 0. The van der Waals surface area contributed by atoms with Crippen LogP contribution in [-0.2, 0) is 15.0 Å². The Balaban J connectivity index is 2.68. The number of carboxylic acid groups (broad SMARTS) is 1. The van der Waals surface area contributed by atoms with Crippen molar-refractivity contribution in [2.24, 2.45) is 0 Å². The molecule has 0 spiro atoms. The Labute approximate surface area is 113 Å². The third-order valence-corrected chi connectivity index (χ3v) is 5.20. The molecule has 0 aliphatic heterocycles. The van der Waals surface area contributed by atoms with Gasteiger partial charge in [-0.25, -0.2) is 0 Å². The average Bonchev–Trinajstić information content (AvgIpc) is 2.36. The van der Waals surface area contributed by atoms with Gasteiger partial charge in [0.25, 0.3) is 10.2 Å². The molecule has 3 N–H and O–H groups in total. The number of carboxylic acids is 1. The molecule has 0 aromatic heterocycles. The Morgan fingerprint density at radius 2 is 1.89 bits per heavy atom.